The molecule has 1 aromatic carbocycles. The minimum Gasteiger partial charge on any atom is -0.393 e. The van der Waals surface area contributed by atoms with E-state index >= 15 is 0 Å². The van der Waals surface area contributed by atoms with Crippen LogP contribution in [0.3, 0.4) is 0 Å². The largest absolute Gasteiger partial charge is 0.393 e. The van der Waals surface area contributed by atoms with Crippen molar-refractivity contribution in [2.24, 2.45) is 5.92 Å². The van der Waals surface area contributed by atoms with Crippen molar-refractivity contribution in [2.75, 3.05) is 6.54 Å². The van der Waals surface area contributed by atoms with Gasteiger partial charge in [-0.3, -0.25) is 14.5 Å². The van der Waals surface area contributed by atoms with Crippen LogP contribution in [0.1, 0.15) is 44.7 Å². The third kappa shape index (κ3) is 1.78. The molecule has 4 heteroatoms. The van der Waals surface area contributed by atoms with Gasteiger partial charge in [0.05, 0.1) is 17.2 Å². The molecule has 0 atom stereocenters. The number of nitrogens with zero attached hydrogens (tertiary/aromatic N) is 1. The number of aliphatic hydroxyl groups excluding tert-OH is 1. The molecule has 4 nitrogen and oxygen atoms in total. The van der Waals surface area contributed by atoms with E-state index in [1.807, 2.05) is 26.0 Å². The lowest BCUT2D eigenvalue weighted by atomic mass is 9.82. The van der Waals surface area contributed by atoms with Crippen molar-refractivity contribution in [1.29, 1.82) is 0 Å². The molecule has 1 N–H and O–H groups in total. The van der Waals surface area contributed by atoms with Gasteiger partial charge in [0.15, 0.2) is 0 Å². The lowest BCUT2D eigenvalue weighted by Gasteiger charge is -2.33. The van der Waals surface area contributed by atoms with Crippen LogP contribution in [0.5, 0.6) is 0 Å². The topological polar surface area (TPSA) is 57.6 Å². The number of amides is 2. The van der Waals surface area contributed by atoms with Crippen LogP contribution < -0.4 is 0 Å². The number of fused-ring (bicyclic) bond motifs is 1. The van der Waals surface area contributed by atoms with Crippen molar-refractivity contribution in [3.63, 3.8) is 0 Å². The molecule has 1 aliphatic carbocycles. The standard InChI is InChI=1S/C15H17NO3/c1-8-3-4-9(2)13-12(8)14(18)16(15(13)19)7-10-5-11(17)6-10/h3-4,10-11,17H,5-7H2,1-2H3. The molecule has 19 heavy (non-hydrogen) atoms. The van der Waals surface area contributed by atoms with Gasteiger partial charge < -0.3 is 5.11 Å². The van der Waals surface area contributed by atoms with Crippen molar-refractivity contribution >= 4 is 11.8 Å². The smallest absolute Gasteiger partial charge is 0.261 e. The minimum absolute atomic E-state index is 0.178. The highest BCUT2D eigenvalue weighted by Gasteiger charge is 2.40. The van der Waals surface area contributed by atoms with E-state index < -0.39 is 0 Å². The highest BCUT2D eigenvalue weighted by Crippen LogP contribution is 2.33. The van der Waals surface area contributed by atoms with Crippen molar-refractivity contribution in [1.82, 2.24) is 4.90 Å². The molecule has 3 rings (SSSR count). The quantitative estimate of drug-likeness (QED) is 0.822. The van der Waals surface area contributed by atoms with Gasteiger partial charge >= 0.3 is 0 Å². The Bertz CT molecular complexity index is 532. The van der Waals surface area contributed by atoms with Crippen molar-refractivity contribution < 1.29 is 14.7 Å². The molecule has 0 spiro atoms. The Morgan fingerprint density at radius 2 is 1.58 bits per heavy atom. The monoisotopic (exact) mass is 259 g/mol. The van der Waals surface area contributed by atoms with Gasteiger partial charge in [-0.2, -0.15) is 0 Å². The molecule has 1 aromatic rings. The molecule has 1 aliphatic heterocycles. The number of aliphatic hydroxyl groups is 1. The van der Waals surface area contributed by atoms with Crippen LogP contribution in [0.4, 0.5) is 0 Å². The maximum absolute atomic E-state index is 12.4. The Balaban J connectivity index is 1.91. The average molecular weight is 259 g/mol. The number of hydrogen-bond acceptors (Lipinski definition) is 3. The maximum atomic E-state index is 12.4. The summed E-state index contributed by atoms with van der Waals surface area (Å²) in [7, 11) is 0. The van der Waals surface area contributed by atoms with Gasteiger partial charge in [-0.15, -0.1) is 0 Å². The molecule has 0 radical (unpaired) electrons. The fourth-order valence-electron chi connectivity index (χ4n) is 3.00. The van der Waals surface area contributed by atoms with E-state index in [9.17, 15) is 14.7 Å². The summed E-state index contributed by atoms with van der Waals surface area (Å²) in [5.74, 6) is -0.108. The molecule has 0 bridgehead atoms. The number of hydrogen-bond donors (Lipinski definition) is 1. The zero-order valence-electron chi connectivity index (χ0n) is 11.1. The summed E-state index contributed by atoms with van der Waals surface area (Å²) in [5.41, 5.74) is 2.83. The van der Waals surface area contributed by atoms with Crippen LogP contribution in [-0.2, 0) is 0 Å². The Hall–Kier alpha value is -1.68. The van der Waals surface area contributed by atoms with Gasteiger partial charge in [-0.05, 0) is 43.7 Å². The average Bonchev–Trinajstić information content (AvgIpc) is 2.57. The third-order valence-corrected chi connectivity index (χ3v) is 4.19. The first kappa shape index (κ1) is 12.4. The number of rotatable bonds is 2. The molecule has 0 aromatic heterocycles. The van der Waals surface area contributed by atoms with E-state index in [0.29, 0.717) is 30.5 Å². The normalized spacial score (nSPS) is 25.5. The Morgan fingerprint density at radius 3 is 2.00 bits per heavy atom. The SMILES string of the molecule is Cc1ccc(C)c2c1C(=O)N(CC1CC(O)C1)C2=O. The fraction of sp³-hybridized carbons (Fsp3) is 0.467. The lowest BCUT2D eigenvalue weighted by Crippen LogP contribution is -2.41. The van der Waals surface area contributed by atoms with Gasteiger partial charge in [-0.1, -0.05) is 12.1 Å². The molecule has 2 amide bonds. The summed E-state index contributed by atoms with van der Waals surface area (Å²) < 4.78 is 0. The molecule has 0 unspecified atom stereocenters. The molecule has 1 heterocycles. The molecule has 1 fully saturated rings. The van der Waals surface area contributed by atoms with Crippen molar-refractivity contribution in [3.05, 3.63) is 34.4 Å². The molecular weight excluding hydrogens is 242 g/mol. The Kier molecular flexibility index (Phi) is 2.71. The van der Waals surface area contributed by atoms with Gasteiger partial charge in [0.2, 0.25) is 0 Å². The summed E-state index contributed by atoms with van der Waals surface area (Å²) >= 11 is 0. The van der Waals surface area contributed by atoms with Gasteiger partial charge in [0.25, 0.3) is 11.8 Å². The number of aryl methyl sites for hydroxylation is 2. The van der Waals surface area contributed by atoms with Crippen LogP contribution in [0.2, 0.25) is 0 Å². The second-order valence-corrected chi connectivity index (χ2v) is 5.66. The molecule has 2 aliphatic rings. The van der Waals surface area contributed by atoms with E-state index in [2.05, 4.69) is 0 Å². The van der Waals surface area contributed by atoms with Crippen LogP contribution >= 0.6 is 0 Å². The summed E-state index contributed by atoms with van der Waals surface area (Å²) in [5, 5.41) is 9.30. The van der Waals surface area contributed by atoms with E-state index in [1.54, 1.807) is 0 Å². The van der Waals surface area contributed by atoms with E-state index in [1.165, 1.54) is 4.90 Å². The van der Waals surface area contributed by atoms with Gasteiger partial charge in [0, 0.05) is 6.54 Å². The predicted molar refractivity (Wildman–Crippen MR) is 70.0 cm³/mol. The Labute approximate surface area is 112 Å². The fourth-order valence-corrected chi connectivity index (χ4v) is 3.00. The highest BCUT2D eigenvalue weighted by atomic mass is 16.3. The zero-order valence-corrected chi connectivity index (χ0v) is 11.1. The first-order chi connectivity index (χ1) is 8.99. The van der Waals surface area contributed by atoms with Crippen LogP contribution in [0, 0.1) is 19.8 Å². The van der Waals surface area contributed by atoms with Crippen molar-refractivity contribution in [3.8, 4) is 0 Å². The molecule has 100 valence electrons. The summed E-state index contributed by atoms with van der Waals surface area (Å²) in [6.07, 6.45) is 1.11. The maximum Gasteiger partial charge on any atom is 0.261 e. The minimum atomic E-state index is -0.261. The van der Waals surface area contributed by atoms with Crippen LogP contribution in [-0.4, -0.2) is 34.5 Å². The lowest BCUT2D eigenvalue weighted by molar-refractivity contribution is 0.0233. The van der Waals surface area contributed by atoms with Gasteiger partial charge in [0.1, 0.15) is 0 Å². The molecular formula is C15H17NO3. The van der Waals surface area contributed by atoms with E-state index in [0.717, 1.165) is 11.1 Å². The predicted octanol–water partition coefficient (Wildman–Crippen LogP) is 1.67. The summed E-state index contributed by atoms with van der Waals surface area (Å²) in [4.78, 5) is 26.1. The highest BCUT2D eigenvalue weighted by molar-refractivity contribution is 6.22. The van der Waals surface area contributed by atoms with Crippen LogP contribution in [0.15, 0.2) is 12.1 Å². The summed E-state index contributed by atoms with van der Waals surface area (Å²) in [6, 6.07) is 3.77. The molecule has 1 saturated carbocycles. The van der Waals surface area contributed by atoms with Crippen molar-refractivity contribution in [2.45, 2.75) is 32.8 Å². The number of benzene rings is 1. The number of carbonyl (C=O) groups excluding carboxylic acids is 2. The molecule has 0 saturated heterocycles. The summed E-state index contributed by atoms with van der Waals surface area (Å²) in [6.45, 7) is 4.16. The third-order valence-electron chi connectivity index (χ3n) is 4.19. The number of imide groups is 1. The first-order valence-electron chi connectivity index (χ1n) is 6.63. The Morgan fingerprint density at radius 1 is 1.11 bits per heavy atom. The first-order valence-corrected chi connectivity index (χ1v) is 6.63. The second kappa shape index (κ2) is 4.17. The van der Waals surface area contributed by atoms with E-state index in [4.69, 9.17) is 0 Å². The van der Waals surface area contributed by atoms with E-state index in [-0.39, 0.29) is 23.8 Å². The van der Waals surface area contributed by atoms with Crippen LogP contribution in [0.25, 0.3) is 0 Å². The zero-order chi connectivity index (χ0) is 13.7. The second-order valence-electron chi connectivity index (χ2n) is 5.66. The van der Waals surface area contributed by atoms with Gasteiger partial charge in [-0.25, -0.2) is 0 Å². The number of carbonyl (C=O) groups is 2.